The lowest BCUT2D eigenvalue weighted by atomic mass is 9.71. The molecular weight excluding hydrogens is 358 g/mol. The second kappa shape index (κ2) is 5.91. The van der Waals surface area contributed by atoms with Gasteiger partial charge in [0, 0.05) is 43.6 Å². The second-order valence-corrected chi connectivity index (χ2v) is 10.2. The first-order valence-corrected chi connectivity index (χ1v) is 10.9. The van der Waals surface area contributed by atoms with Crippen molar-refractivity contribution in [3.63, 3.8) is 0 Å². The minimum Gasteiger partial charge on any atom is -0.339 e. The van der Waals surface area contributed by atoms with Crippen LogP contribution in [0.1, 0.15) is 50.2 Å². The quantitative estimate of drug-likeness (QED) is 0.821. The van der Waals surface area contributed by atoms with Gasteiger partial charge in [0.2, 0.25) is 15.9 Å². The molecule has 2 saturated heterocycles. The van der Waals surface area contributed by atoms with Gasteiger partial charge in [-0.25, -0.2) is 17.5 Å². The average Bonchev–Trinajstić information content (AvgIpc) is 3.08. The third kappa shape index (κ3) is 3.09. The Morgan fingerprint density at radius 2 is 2.00 bits per heavy atom. The van der Waals surface area contributed by atoms with E-state index >= 15 is 0 Å². The molecule has 1 spiro atoms. The fourth-order valence-corrected chi connectivity index (χ4v) is 4.84. The summed E-state index contributed by atoms with van der Waals surface area (Å²) < 4.78 is 31.1. The Hall–Kier alpha value is -1.68. The molecule has 1 unspecified atom stereocenters. The Morgan fingerprint density at radius 1 is 1.31 bits per heavy atom. The van der Waals surface area contributed by atoms with Crippen LogP contribution in [-0.2, 0) is 10.0 Å². The smallest absolute Gasteiger partial charge is 0.317 e. The molecule has 9 nitrogen and oxygen atoms in total. The number of carbonyl (C=O) groups excluding carboxylic acids is 1. The molecule has 2 aliphatic heterocycles. The molecule has 26 heavy (non-hydrogen) atoms. The second-order valence-electron chi connectivity index (χ2n) is 8.20. The summed E-state index contributed by atoms with van der Waals surface area (Å²) in [6, 6.07) is -0.0608. The van der Waals surface area contributed by atoms with Crippen LogP contribution in [0.3, 0.4) is 0 Å². The fourth-order valence-electron chi connectivity index (χ4n) is 3.93. The zero-order valence-corrected chi connectivity index (χ0v) is 16.1. The van der Waals surface area contributed by atoms with Gasteiger partial charge in [0.15, 0.2) is 5.82 Å². The Labute approximate surface area is 153 Å². The van der Waals surface area contributed by atoms with Crippen molar-refractivity contribution in [2.75, 3.05) is 32.4 Å². The van der Waals surface area contributed by atoms with Crippen molar-refractivity contribution in [3.8, 4) is 0 Å². The molecule has 3 fully saturated rings. The molecule has 1 N–H and O–H groups in total. The first-order valence-electron chi connectivity index (χ1n) is 9.02. The van der Waals surface area contributed by atoms with Crippen LogP contribution < -0.4 is 5.32 Å². The van der Waals surface area contributed by atoms with E-state index in [0.717, 1.165) is 18.7 Å². The van der Waals surface area contributed by atoms with Crippen LogP contribution in [0.25, 0.3) is 0 Å². The number of amides is 2. The maximum absolute atomic E-state index is 12.2. The number of carbonyl (C=O) groups is 1. The Balaban J connectivity index is 1.55. The Morgan fingerprint density at radius 3 is 2.58 bits per heavy atom. The van der Waals surface area contributed by atoms with Crippen molar-refractivity contribution in [1.82, 2.24) is 24.7 Å². The average molecular weight is 383 g/mol. The molecule has 3 aliphatic rings. The van der Waals surface area contributed by atoms with E-state index in [9.17, 15) is 13.2 Å². The van der Waals surface area contributed by atoms with Gasteiger partial charge >= 0.3 is 6.03 Å². The molecule has 0 radical (unpaired) electrons. The largest absolute Gasteiger partial charge is 0.339 e. The van der Waals surface area contributed by atoms with E-state index in [0.29, 0.717) is 38.0 Å². The van der Waals surface area contributed by atoms with Crippen molar-refractivity contribution >= 4 is 16.1 Å². The van der Waals surface area contributed by atoms with Gasteiger partial charge < -0.3 is 14.7 Å². The highest BCUT2D eigenvalue weighted by atomic mass is 32.2. The number of rotatable bonds is 4. The Bertz CT molecular complexity index is 810. The number of likely N-dealkylation sites (tertiary alicyclic amines) is 1. The summed E-state index contributed by atoms with van der Waals surface area (Å²) in [6.07, 6.45) is 3.37. The predicted octanol–water partition coefficient (Wildman–Crippen LogP) is 0.726. The van der Waals surface area contributed by atoms with Crippen molar-refractivity contribution in [1.29, 1.82) is 0 Å². The topological polar surface area (TPSA) is 109 Å². The molecule has 2 amide bonds. The standard InChI is InChI=1S/C16H25N5O4S/c1-10(2)17-15(22)20-7-16(8-20)9-21(26(3,23)24)6-12(16)14-18-13(19-25-14)11-4-5-11/h10-12H,4-9H2,1-3H3,(H,17,22). The van der Waals surface area contributed by atoms with Crippen LogP contribution in [0.15, 0.2) is 4.52 Å². The number of sulfonamides is 1. The molecule has 4 rings (SSSR count). The van der Waals surface area contributed by atoms with Gasteiger partial charge in [-0.1, -0.05) is 5.16 Å². The van der Waals surface area contributed by atoms with Crippen molar-refractivity contribution in [2.45, 2.75) is 44.6 Å². The van der Waals surface area contributed by atoms with E-state index in [1.165, 1.54) is 10.6 Å². The summed E-state index contributed by atoms with van der Waals surface area (Å²) in [7, 11) is -3.32. The third-order valence-corrected chi connectivity index (χ3v) is 6.71. The number of nitrogens with zero attached hydrogens (tertiary/aromatic N) is 4. The lowest BCUT2D eigenvalue weighted by Gasteiger charge is -2.50. The van der Waals surface area contributed by atoms with Crippen LogP contribution in [0.4, 0.5) is 4.79 Å². The summed E-state index contributed by atoms with van der Waals surface area (Å²) in [5, 5.41) is 6.96. The van der Waals surface area contributed by atoms with E-state index in [1.54, 1.807) is 4.90 Å². The van der Waals surface area contributed by atoms with Gasteiger partial charge in [0.05, 0.1) is 12.2 Å². The van der Waals surface area contributed by atoms with Crippen LogP contribution in [0.5, 0.6) is 0 Å². The summed E-state index contributed by atoms with van der Waals surface area (Å²) in [5.41, 5.74) is -0.356. The monoisotopic (exact) mass is 383 g/mol. The zero-order valence-electron chi connectivity index (χ0n) is 15.3. The molecular formula is C16H25N5O4S. The van der Waals surface area contributed by atoms with E-state index in [2.05, 4.69) is 15.5 Å². The van der Waals surface area contributed by atoms with Gasteiger partial charge in [-0.3, -0.25) is 0 Å². The highest BCUT2D eigenvalue weighted by Gasteiger charge is 2.59. The summed E-state index contributed by atoms with van der Waals surface area (Å²) in [4.78, 5) is 18.5. The summed E-state index contributed by atoms with van der Waals surface area (Å²) in [6.45, 7) is 5.50. The van der Waals surface area contributed by atoms with Crippen LogP contribution in [0, 0.1) is 5.41 Å². The molecule has 10 heteroatoms. The van der Waals surface area contributed by atoms with Gasteiger partial charge in [-0.15, -0.1) is 0 Å². The zero-order chi connectivity index (χ0) is 18.7. The van der Waals surface area contributed by atoms with Crippen molar-refractivity contribution < 1.29 is 17.7 Å². The predicted molar refractivity (Wildman–Crippen MR) is 93.1 cm³/mol. The molecule has 0 bridgehead atoms. The van der Waals surface area contributed by atoms with Gasteiger partial charge in [0.1, 0.15) is 0 Å². The lowest BCUT2D eigenvalue weighted by molar-refractivity contribution is 0.0235. The molecule has 144 valence electrons. The summed E-state index contributed by atoms with van der Waals surface area (Å²) in [5.74, 6) is 1.43. The van der Waals surface area contributed by atoms with Crippen LogP contribution >= 0.6 is 0 Å². The van der Waals surface area contributed by atoms with Crippen molar-refractivity contribution in [3.05, 3.63) is 11.7 Å². The number of urea groups is 1. The molecule has 3 heterocycles. The molecule has 1 saturated carbocycles. The number of nitrogens with one attached hydrogen (secondary N) is 1. The first-order chi connectivity index (χ1) is 12.2. The molecule has 0 aromatic carbocycles. The number of hydrogen-bond acceptors (Lipinski definition) is 6. The minimum absolute atomic E-state index is 0.0583. The van der Waals surface area contributed by atoms with Crippen LogP contribution in [0.2, 0.25) is 0 Å². The van der Waals surface area contributed by atoms with E-state index < -0.39 is 10.0 Å². The SMILES string of the molecule is CC(C)NC(=O)N1CC2(C1)CN(S(C)(=O)=O)CC2c1nc(C2CC2)no1. The molecule has 1 aromatic heterocycles. The van der Waals surface area contributed by atoms with E-state index in [-0.39, 0.29) is 23.4 Å². The third-order valence-electron chi connectivity index (χ3n) is 5.49. The normalized spacial score (nSPS) is 25.7. The van der Waals surface area contributed by atoms with Crippen molar-refractivity contribution in [2.24, 2.45) is 5.41 Å². The highest BCUT2D eigenvalue weighted by Crippen LogP contribution is 2.50. The fraction of sp³-hybridized carbons (Fsp3) is 0.812. The van der Waals surface area contributed by atoms with E-state index in [1.807, 2.05) is 13.8 Å². The van der Waals surface area contributed by atoms with Crippen LogP contribution in [-0.4, -0.2) is 72.3 Å². The van der Waals surface area contributed by atoms with E-state index in [4.69, 9.17) is 4.52 Å². The first kappa shape index (κ1) is 17.7. The van der Waals surface area contributed by atoms with Gasteiger partial charge in [-0.05, 0) is 26.7 Å². The number of hydrogen-bond donors (Lipinski definition) is 1. The molecule has 1 atom stereocenters. The maximum Gasteiger partial charge on any atom is 0.317 e. The number of aromatic nitrogens is 2. The molecule has 1 aromatic rings. The lowest BCUT2D eigenvalue weighted by Crippen LogP contribution is -2.64. The molecule has 1 aliphatic carbocycles. The Kier molecular flexibility index (Phi) is 4.03. The minimum atomic E-state index is -3.32. The maximum atomic E-state index is 12.2. The van der Waals surface area contributed by atoms with Gasteiger partial charge in [-0.2, -0.15) is 4.98 Å². The van der Waals surface area contributed by atoms with Gasteiger partial charge in [0.25, 0.3) is 0 Å². The highest BCUT2D eigenvalue weighted by molar-refractivity contribution is 7.88. The summed E-state index contributed by atoms with van der Waals surface area (Å²) >= 11 is 0.